The average molecular weight is 384 g/mol. The molecule has 0 aliphatic heterocycles. The van der Waals surface area contributed by atoms with Crippen molar-refractivity contribution in [3.05, 3.63) is 90.8 Å². The molecule has 0 spiro atoms. The normalized spacial score (nSPS) is 10.4. The summed E-state index contributed by atoms with van der Waals surface area (Å²) >= 11 is 0. The Morgan fingerprint density at radius 1 is 0.828 bits per heavy atom. The minimum Gasteiger partial charge on any atom is -0.457 e. The van der Waals surface area contributed by atoms with Crippen molar-refractivity contribution in [1.29, 1.82) is 0 Å². The average Bonchev–Trinajstić information content (AvgIpc) is 3.27. The number of carbonyl (C=O) groups excluding carboxylic acids is 1. The molecule has 6 nitrogen and oxygen atoms in total. The molecule has 29 heavy (non-hydrogen) atoms. The molecule has 0 aliphatic carbocycles. The maximum Gasteiger partial charge on any atom is 0.323 e. The fourth-order valence-electron chi connectivity index (χ4n) is 2.78. The standard InChI is InChI=1S/C23H20N4O2/c1-16-2-6-18(7-3-16)26-23(28)27-19-8-12-21(13-9-19)29-20-10-4-17(5-11-20)22-24-14-15-25-22/h2-15H,1H3,(H,24,25)(H2,26,27,28). The van der Waals surface area contributed by atoms with E-state index in [-0.39, 0.29) is 6.03 Å². The van der Waals surface area contributed by atoms with Crippen LogP contribution in [-0.4, -0.2) is 16.0 Å². The number of amides is 2. The molecule has 0 bridgehead atoms. The number of urea groups is 1. The van der Waals surface area contributed by atoms with Gasteiger partial charge in [-0.25, -0.2) is 9.78 Å². The number of benzene rings is 3. The molecule has 2 amide bonds. The van der Waals surface area contributed by atoms with E-state index in [9.17, 15) is 4.79 Å². The van der Waals surface area contributed by atoms with Crippen LogP contribution in [0.2, 0.25) is 0 Å². The summed E-state index contributed by atoms with van der Waals surface area (Å²) < 4.78 is 5.86. The van der Waals surface area contributed by atoms with Gasteiger partial charge in [0.25, 0.3) is 0 Å². The Morgan fingerprint density at radius 3 is 1.93 bits per heavy atom. The number of anilines is 2. The van der Waals surface area contributed by atoms with Gasteiger partial charge in [0.15, 0.2) is 0 Å². The second-order valence-electron chi connectivity index (χ2n) is 6.53. The van der Waals surface area contributed by atoms with Crippen LogP contribution in [0, 0.1) is 6.92 Å². The number of aromatic amines is 1. The number of hydrogen-bond donors (Lipinski definition) is 3. The van der Waals surface area contributed by atoms with Crippen LogP contribution in [0.25, 0.3) is 11.4 Å². The molecular formula is C23H20N4O2. The highest BCUT2D eigenvalue weighted by atomic mass is 16.5. The Labute approximate surface area is 168 Å². The lowest BCUT2D eigenvalue weighted by atomic mass is 10.2. The Hall–Kier alpha value is -4.06. The summed E-state index contributed by atoms with van der Waals surface area (Å²) in [6.07, 6.45) is 3.51. The van der Waals surface area contributed by atoms with E-state index in [0.29, 0.717) is 11.4 Å². The van der Waals surface area contributed by atoms with E-state index in [1.807, 2.05) is 67.6 Å². The Kier molecular flexibility index (Phi) is 5.25. The Morgan fingerprint density at radius 2 is 1.38 bits per heavy atom. The lowest BCUT2D eigenvalue weighted by Crippen LogP contribution is -2.19. The molecule has 0 aliphatic rings. The minimum absolute atomic E-state index is 0.295. The van der Waals surface area contributed by atoms with Crippen LogP contribution in [0.1, 0.15) is 5.56 Å². The van der Waals surface area contributed by atoms with Crippen molar-refractivity contribution in [1.82, 2.24) is 9.97 Å². The molecule has 1 aromatic heterocycles. The molecule has 4 aromatic rings. The summed E-state index contributed by atoms with van der Waals surface area (Å²) in [5.74, 6) is 2.22. The van der Waals surface area contributed by atoms with Gasteiger partial charge in [-0.05, 0) is 67.6 Å². The number of nitrogens with zero attached hydrogens (tertiary/aromatic N) is 1. The number of aromatic nitrogens is 2. The number of carbonyl (C=O) groups is 1. The zero-order valence-corrected chi connectivity index (χ0v) is 15.8. The highest BCUT2D eigenvalue weighted by Crippen LogP contribution is 2.25. The number of H-pyrrole nitrogens is 1. The van der Waals surface area contributed by atoms with Crippen molar-refractivity contribution >= 4 is 17.4 Å². The van der Waals surface area contributed by atoms with Gasteiger partial charge >= 0.3 is 6.03 Å². The van der Waals surface area contributed by atoms with E-state index >= 15 is 0 Å². The Balaban J connectivity index is 1.34. The van der Waals surface area contributed by atoms with Gasteiger partial charge in [-0.2, -0.15) is 0 Å². The summed E-state index contributed by atoms with van der Waals surface area (Å²) in [7, 11) is 0. The van der Waals surface area contributed by atoms with Gasteiger partial charge in [0.05, 0.1) is 0 Å². The minimum atomic E-state index is -0.295. The highest BCUT2D eigenvalue weighted by molar-refractivity contribution is 5.99. The zero-order chi connectivity index (χ0) is 20.1. The molecule has 3 N–H and O–H groups in total. The van der Waals surface area contributed by atoms with Crippen LogP contribution in [0.3, 0.4) is 0 Å². The molecule has 144 valence electrons. The number of ether oxygens (including phenoxy) is 1. The maximum absolute atomic E-state index is 12.1. The number of aryl methyl sites for hydroxylation is 1. The lowest BCUT2D eigenvalue weighted by molar-refractivity contribution is 0.262. The number of hydrogen-bond acceptors (Lipinski definition) is 3. The van der Waals surface area contributed by atoms with Gasteiger partial charge < -0.3 is 20.4 Å². The topological polar surface area (TPSA) is 79.0 Å². The third kappa shape index (κ3) is 4.81. The van der Waals surface area contributed by atoms with Gasteiger partial charge in [0.1, 0.15) is 17.3 Å². The van der Waals surface area contributed by atoms with Crippen molar-refractivity contribution in [3.8, 4) is 22.9 Å². The molecule has 4 rings (SSSR count). The van der Waals surface area contributed by atoms with Crippen LogP contribution >= 0.6 is 0 Å². The van der Waals surface area contributed by atoms with Crippen molar-refractivity contribution in [3.63, 3.8) is 0 Å². The lowest BCUT2D eigenvalue weighted by Gasteiger charge is -2.10. The van der Waals surface area contributed by atoms with Crippen molar-refractivity contribution in [2.24, 2.45) is 0 Å². The molecule has 0 fully saturated rings. The fourth-order valence-corrected chi connectivity index (χ4v) is 2.78. The van der Waals surface area contributed by atoms with Gasteiger partial charge in [-0.3, -0.25) is 0 Å². The van der Waals surface area contributed by atoms with Crippen LogP contribution in [0.5, 0.6) is 11.5 Å². The first-order chi connectivity index (χ1) is 14.2. The summed E-state index contributed by atoms with van der Waals surface area (Å²) in [6, 6.07) is 22.2. The summed E-state index contributed by atoms with van der Waals surface area (Å²) in [6.45, 7) is 2.00. The first-order valence-electron chi connectivity index (χ1n) is 9.18. The van der Waals surface area contributed by atoms with Gasteiger partial charge in [0, 0.05) is 29.3 Å². The molecule has 6 heteroatoms. The molecule has 0 unspecified atom stereocenters. The SMILES string of the molecule is Cc1ccc(NC(=O)Nc2ccc(Oc3ccc(-c4ncc[nH]4)cc3)cc2)cc1. The summed E-state index contributed by atoms with van der Waals surface area (Å²) in [5.41, 5.74) is 3.55. The first-order valence-corrected chi connectivity index (χ1v) is 9.18. The van der Waals surface area contributed by atoms with Gasteiger partial charge in [0.2, 0.25) is 0 Å². The summed E-state index contributed by atoms with van der Waals surface area (Å²) in [4.78, 5) is 19.4. The number of rotatable bonds is 5. The molecule has 0 radical (unpaired) electrons. The van der Waals surface area contributed by atoms with E-state index < -0.39 is 0 Å². The van der Waals surface area contributed by atoms with Crippen LogP contribution in [-0.2, 0) is 0 Å². The Bertz CT molecular complexity index is 1070. The number of imidazole rings is 1. The van der Waals surface area contributed by atoms with E-state index in [4.69, 9.17) is 4.74 Å². The van der Waals surface area contributed by atoms with Crippen molar-refractivity contribution in [2.75, 3.05) is 10.6 Å². The molecule has 0 saturated carbocycles. The van der Waals surface area contributed by atoms with Crippen LogP contribution in [0.4, 0.5) is 16.2 Å². The van der Waals surface area contributed by atoms with Gasteiger partial charge in [-0.1, -0.05) is 17.7 Å². The van der Waals surface area contributed by atoms with E-state index in [1.165, 1.54) is 0 Å². The molecule has 3 aromatic carbocycles. The second-order valence-corrected chi connectivity index (χ2v) is 6.53. The second kappa shape index (κ2) is 8.31. The van der Waals surface area contributed by atoms with E-state index in [1.54, 1.807) is 24.5 Å². The molecule has 1 heterocycles. The maximum atomic E-state index is 12.1. The van der Waals surface area contributed by atoms with E-state index in [2.05, 4.69) is 20.6 Å². The smallest absolute Gasteiger partial charge is 0.323 e. The van der Waals surface area contributed by atoms with Crippen LogP contribution in [0.15, 0.2) is 85.2 Å². The molecular weight excluding hydrogens is 364 g/mol. The third-order valence-electron chi connectivity index (χ3n) is 4.28. The predicted octanol–water partition coefficient (Wildman–Crippen LogP) is 5.82. The largest absolute Gasteiger partial charge is 0.457 e. The quantitative estimate of drug-likeness (QED) is 0.405. The highest BCUT2D eigenvalue weighted by Gasteiger charge is 2.04. The summed E-state index contributed by atoms with van der Waals surface area (Å²) in [5, 5.41) is 5.60. The predicted molar refractivity (Wildman–Crippen MR) is 114 cm³/mol. The van der Waals surface area contributed by atoms with Crippen LogP contribution < -0.4 is 15.4 Å². The number of nitrogens with one attached hydrogen (secondary N) is 3. The fraction of sp³-hybridized carbons (Fsp3) is 0.0435. The molecule has 0 saturated heterocycles. The monoisotopic (exact) mass is 384 g/mol. The van der Waals surface area contributed by atoms with Crippen molar-refractivity contribution in [2.45, 2.75) is 6.92 Å². The van der Waals surface area contributed by atoms with Crippen molar-refractivity contribution < 1.29 is 9.53 Å². The van der Waals surface area contributed by atoms with Gasteiger partial charge in [-0.15, -0.1) is 0 Å². The zero-order valence-electron chi connectivity index (χ0n) is 15.8. The first kappa shape index (κ1) is 18.3. The van der Waals surface area contributed by atoms with E-state index in [0.717, 1.165) is 28.4 Å². The molecule has 0 atom stereocenters. The third-order valence-corrected chi connectivity index (χ3v) is 4.28.